The van der Waals surface area contributed by atoms with Gasteiger partial charge in [0.25, 0.3) is 5.92 Å². The molecule has 5 heteroatoms. The molecule has 0 spiro atoms. The Morgan fingerprint density at radius 3 is 2.85 bits per heavy atom. The molecule has 0 saturated heterocycles. The summed E-state index contributed by atoms with van der Waals surface area (Å²) in [5.74, 6) is -3.06. The van der Waals surface area contributed by atoms with Crippen molar-refractivity contribution >= 4 is 10.9 Å². The SMILES string of the molecule is Cc1ccc2[nH]cc(C[C@@H](C)NCC(F)(F)CO)c2c1. The van der Waals surface area contributed by atoms with Gasteiger partial charge in [-0.3, -0.25) is 0 Å². The first-order chi connectivity index (χ1) is 9.41. The van der Waals surface area contributed by atoms with Crippen molar-refractivity contribution in [2.24, 2.45) is 0 Å². The summed E-state index contributed by atoms with van der Waals surface area (Å²) in [5.41, 5.74) is 3.33. The molecule has 0 unspecified atom stereocenters. The Kier molecular flexibility index (Phi) is 4.40. The number of H-pyrrole nitrogens is 1. The third-order valence-electron chi connectivity index (χ3n) is 3.39. The van der Waals surface area contributed by atoms with Gasteiger partial charge in [0.1, 0.15) is 6.61 Å². The lowest BCUT2D eigenvalue weighted by Gasteiger charge is -2.18. The third kappa shape index (κ3) is 3.55. The molecule has 3 N–H and O–H groups in total. The van der Waals surface area contributed by atoms with E-state index in [0.717, 1.165) is 16.5 Å². The van der Waals surface area contributed by atoms with Gasteiger partial charge in [-0.05, 0) is 38.0 Å². The minimum absolute atomic E-state index is 0.0908. The number of nitrogens with one attached hydrogen (secondary N) is 2. The lowest BCUT2D eigenvalue weighted by Crippen LogP contribution is -2.40. The molecule has 0 aliphatic heterocycles. The van der Waals surface area contributed by atoms with Crippen LogP contribution in [0.2, 0.25) is 0 Å². The molecule has 2 rings (SSSR count). The number of aliphatic hydroxyl groups is 1. The van der Waals surface area contributed by atoms with Crippen molar-refractivity contribution in [3.8, 4) is 0 Å². The molecule has 0 aliphatic rings. The number of aliphatic hydroxyl groups excluding tert-OH is 1. The summed E-state index contributed by atoms with van der Waals surface area (Å²) in [7, 11) is 0. The molecule has 0 aliphatic carbocycles. The summed E-state index contributed by atoms with van der Waals surface area (Å²) >= 11 is 0. The number of fused-ring (bicyclic) bond motifs is 1. The average Bonchev–Trinajstić information content (AvgIpc) is 2.79. The Labute approximate surface area is 117 Å². The van der Waals surface area contributed by atoms with Crippen LogP contribution in [-0.2, 0) is 6.42 Å². The smallest absolute Gasteiger partial charge is 0.282 e. The molecule has 1 aromatic heterocycles. The number of benzene rings is 1. The van der Waals surface area contributed by atoms with Crippen LogP contribution in [-0.4, -0.2) is 35.2 Å². The summed E-state index contributed by atoms with van der Waals surface area (Å²) in [6.07, 6.45) is 2.58. The average molecular weight is 282 g/mol. The molecule has 3 nitrogen and oxygen atoms in total. The van der Waals surface area contributed by atoms with Crippen molar-refractivity contribution in [1.82, 2.24) is 10.3 Å². The second-order valence-corrected chi connectivity index (χ2v) is 5.36. The highest BCUT2D eigenvalue weighted by molar-refractivity contribution is 5.83. The van der Waals surface area contributed by atoms with Crippen LogP contribution in [0.1, 0.15) is 18.1 Å². The number of aromatic nitrogens is 1. The van der Waals surface area contributed by atoms with E-state index in [1.807, 2.05) is 32.2 Å². The van der Waals surface area contributed by atoms with E-state index in [1.54, 1.807) is 0 Å². The molecule has 1 atom stereocenters. The van der Waals surface area contributed by atoms with Gasteiger partial charge in [-0.25, -0.2) is 8.78 Å². The van der Waals surface area contributed by atoms with Crippen molar-refractivity contribution in [3.63, 3.8) is 0 Å². The second-order valence-electron chi connectivity index (χ2n) is 5.36. The topological polar surface area (TPSA) is 48.0 Å². The first-order valence-electron chi connectivity index (χ1n) is 6.70. The van der Waals surface area contributed by atoms with Crippen LogP contribution >= 0.6 is 0 Å². The summed E-state index contributed by atoms with van der Waals surface area (Å²) in [6.45, 7) is 2.26. The Morgan fingerprint density at radius 1 is 1.40 bits per heavy atom. The molecule has 0 fully saturated rings. The van der Waals surface area contributed by atoms with E-state index in [9.17, 15) is 8.78 Å². The molecule has 2 aromatic rings. The zero-order valence-corrected chi connectivity index (χ0v) is 11.7. The van der Waals surface area contributed by atoms with Crippen LogP contribution in [0.3, 0.4) is 0 Å². The molecule has 0 amide bonds. The lowest BCUT2D eigenvalue weighted by atomic mass is 10.0. The molecule has 1 aromatic carbocycles. The van der Waals surface area contributed by atoms with E-state index < -0.39 is 19.1 Å². The highest BCUT2D eigenvalue weighted by Crippen LogP contribution is 2.21. The van der Waals surface area contributed by atoms with Crippen LogP contribution in [0.15, 0.2) is 24.4 Å². The molecule has 110 valence electrons. The largest absolute Gasteiger partial charge is 0.390 e. The van der Waals surface area contributed by atoms with Gasteiger partial charge < -0.3 is 15.4 Å². The normalized spacial score (nSPS) is 13.8. The predicted octanol–water partition coefficient (Wildman–Crippen LogP) is 2.62. The van der Waals surface area contributed by atoms with Crippen LogP contribution in [0, 0.1) is 6.92 Å². The van der Waals surface area contributed by atoms with Crippen molar-refractivity contribution in [2.75, 3.05) is 13.2 Å². The van der Waals surface area contributed by atoms with Gasteiger partial charge in [0.05, 0.1) is 6.54 Å². The Balaban J connectivity index is 2.03. The maximum Gasteiger partial charge on any atom is 0.282 e. The van der Waals surface area contributed by atoms with Gasteiger partial charge in [-0.2, -0.15) is 0 Å². The number of alkyl halides is 2. The van der Waals surface area contributed by atoms with E-state index in [4.69, 9.17) is 5.11 Å². The minimum Gasteiger partial charge on any atom is -0.390 e. The van der Waals surface area contributed by atoms with E-state index in [1.165, 1.54) is 5.56 Å². The fraction of sp³-hybridized carbons (Fsp3) is 0.467. The van der Waals surface area contributed by atoms with Gasteiger partial charge >= 0.3 is 0 Å². The van der Waals surface area contributed by atoms with Crippen LogP contribution < -0.4 is 5.32 Å². The number of aromatic amines is 1. The molecule has 0 bridgehead atoms. The van der Waals surface area contributed by atoms with Crippen molar-refractivity contribution in [3.05, 3.63) is 35.5 Å². The fourth-order valence-corrected chi connectivity index (χ4v) is 2.24. The van der Waals surface area contributed by atoms with Gasteiger partial charge in [-0.1, -0.05) is 11.6 Å². The number of halogens is 2. The molecular formula is C15H20F2N2O. The van der Waals surface area contributed by atoms with Crippen molar-refractivity contribution in [1.29, 1.82) is 0 Å². The van der Waals surface area contributed by atoms with Crippen molar-refractivity contribution in [2.45, 2.75) is 32.2 Å². The third-order valence-corrected chi connectivity index (χ3v) is 3.39. The van der Waals surface area contributed by atoms with Gasteiger partial charge in [-0.15, -0.1) is 0 Å². The summed E-state index contributed by atoms with van der Waals surface area (Å²) in [6, 6.07) is 6.06. The van der Waals surface area contributed by atoms with E-state index >= 15 is 0 Å². The lowest BCUT2D eigenvalue weighted by molar-refractivity contribution is -0.0490. The standard InChI is InChI=1S/C15H20F2N2O/c1-10-3-4-14-13(5-10)12(7-18-14)6-11(2)19-8-15(16,17)9-20/h3-5,7,11,18-20H,6,8-9H2,1-2H3/t11-/m1/s1. The van der Waals surface area contributed by atoms with Gasteiger partial charge in [0.2, 0.25) is 0 Å². The first-order valence-corrected chi connectivity index (χ1v) is 6.70. The molecule has 0 saturated carbocycles. The highest BCUT2D eigenvalue weighted by Gasteiger charge is 2.27. The summed E-state index contributed by atoms with van der Waals surface area (Å²) < 4.78 is 26.0. The maximum atomic E-state index is 13.0. The van der Waals surface area contributed by atoms with E-state index in [2.05, 4.69) is 16.4 Å². The fourth-order valence-electron chi connectivity index (χ4n) is 2.24. The molecule has 1 heterocycles. The number of hydrogen-bond donors (Lipinski definition) is 3. The molecular weight excluding hydrogens is 262 g/mol. The molecule has 20 heavy (non-hydrogen) atoms. The Hall–Kier alpha value is -1.46. The first kappa shape index (κ1) is 14.9. The number of hydrogen-bond acceptors (Lipinski definition) is 2. The predicted molar refractivity (Wildman–Crippen MR) is 76.2 cm³/mol. The Morgan fingerprint density at radius 2 is 2.15 bits per heavy atom. The van der Waals surface area contributed by atoms with Crippen LogP contribution in [0.5, 0.6) is 0 Å². The van der Waals surface area contributed by atoms with Crippen LogP contribution in [0.4, 0.5) is 8.78 Å². The minimum atomic E-state index is -3.06. The van der Waals surface area contributed by atoms with Crippen molar-refractivity contribution < 1.29 is 13.9 Å². The van der Waals surface area contributed by atoms with E-state index in [-0.39, 0.29) is 6.04 Å². The zero-order valence-electron chi connectivity index (χ0n) is 11.7. The second kappa shape index (κ2) is 5.89. The Bertz CT molecular complexity index is 580. The summed E-state index contributed by atoms with van der Waals surface area (Å²) in [5, 5.41) is 12.4. The summed E-state index contributed by atoms with van der Waals surface area (Å²) in [4.78, 5) is 3.19. The van der Waals surface area contributed by atoms with Crippen LogP contribution in [0.25, 0.3) is 10.9 Å². The quantitative estimate of drug-likeness (QED) is 0.763. The van der Waals surface area contributed by atoms with Gasteiger partial charge in [0.15, 0.2) is 0 Å². The van der Waals surface area contributed by atoms with E-state index in [0.29, 0.717) is 6.42 Å². The maximum absolute atomic E-state index is 13.0. The number of aryl methyl sites for hydroxylation is 1. The molecule has 0 radical (unpaired) electrons. The van der Waals surface area contributed by atoms with Gasteiger partial charge in [0, 0.05) is 23.1 Å². The highest BCUT2D eigenvalue weighted by atomic mass is 19.3. The zero-order chi connectivity index (χ0) is 14.8. The number of rotatable bonds is 6. The monoisotopic (exact) mass is 282 g/mol.